The van der Waals surface area contributed by atoms with Crippen LogP contribution in [0.5, 0.6) is 17.2 Å². The van der Waals surface area contributed by atoms with Gasteiger partial charge in [0.1, 0.15) is 11.5 Å². The van der Waals surface area contributed by atoms with E-state index in [1.165, 1.54) is 19.1 Å². The highest BCUT2D eigenvalue weighted by molar-refractivity contribution is 6.46. The lowest BCUT2D eigenvalue weighted by Crippen LogP contribution is -2.31. The Morgan fingerprint density at radius 1 is 0.971 bits per heavy atom. The lowest BCUT2D eigenvalue weighted by Gasteiger charge is -2.26. The average Bonchev–Trinajstić information content (AvgIpc) is 3.50. The van der Waals surface area contributed by atoms with Crippen molar-refractivity contribution in [2.45, 2.75) is 19.0 Å². The van der Waals surface area contributed by atoms with Gasteiger partial charge in [0.25, 0.3) is 11.7 Å². The minimum atomic E-state index is -0.792. The average molecular weight is 478 g/mol. The quantitative estimate of drug-likeness (QED) is 0.286. The minimum absolute atomic E-state index is 0.0232. The third-order valence-corrected chi connectivity index (χ3v) is 6.00. The normalized spacial score (nSPS) is 17.0. The molecule has 9 heteroatoms. The van der Waals surface area contributed by atoms with Crippen LogP contribution in [0, 0.1) is 0 Å². The van der Waals surface area contributed by atoms with Crippen LogP contribution < -0.4 is 14.2 Å². The van der Waals surface area contributed by atoms with Crippen LogP contribution in [-0.4, -0.2) is 59.1 Å². The number of nitrogens with zero attached hydrogens (tertiary/aromatic N) is 3. The summed E-state index contributed by atoms with van der Waals surface area (Å²) in [5.41, 5.74) is 1.06. The summed E-state index contributed by atoms with van der Waals surface area (Å²) >= 11 is 0. The molecule has 1 fully saturated rings. The van der Waals surface area contributed by atoms with Crippen molar-refractivity contribution in [3.8, 4) is 17.2 Å². The van der Waals surface area contributed by atoms with Crippen molar-refractivity contribution in [3.05, 3.63) is 77.9 Å². The van der Waals surface area contributed by atoms with Gasteiger partial charge >= 0.3 is 0 Å². The first-order valence-corrected chi connectivity index (χ1v) is 11.1. The fraction of sp³-hybridized carbons (Fsp3) is 0.269. The van der Waals surface area contributed by atoms with E-state index in [9.17, 15) is 14.7 Å². The highest BCUT2D eigenvalue weighted by Gasteiger charge is 2.46. The van der Waals surface area contributed by atoms with Crippen molar-refractivity contribution in [2.75, 3.05) is 27.9 Å². The number of amides is 1. The number of carbonyl (C=O) groups is 2. The number of aromatic nitrogens is 2. The summed E-state index contributed by atoms with van der Waals surface area (Å²) in [4.78, 5) is 31.9. The molecule has 1 unspecified atom stereocenters. The predicted molar refractivity (Wildman–Crippen MR) is 128 cm³/mol. The molecule has 1 aliphatic heterocycles. The van der Waals surface area contributed by atoms with Gasteiger partial charge in [-0.2, -0.15) is 0 Å². The number of carbonyl (C=O) groups excluding carboxylic acids is 2. The summed E-state index contributed by atoms with van der Waals surface area (Å²) in [6, 6.07) is 11.1. The highest BCUT2D eigenvalue weighted by Crippen LogP contribution is 2.42. The Balaban J connectivity index is 1.77. The smallest absolute Gasteiger partial charge is 0.295 e. The van der Waals surface area contributed by atoms with Crippen molar-refractivity contribution in [1.82, 2.24) is 14.5 Å². The van der Waals surface area contributed by atoms with E-state index < -0.39 is 17.7 Å². The number of hydrogen-bond donors (Lipinski definition) is 1. The second-order valence-corrected chi connectivity index (χ2v) is 7.99. The first kappa shape index (κ1) is 23.9. The molecule has 0 saturated carbocycles. The number of rotatable bonds is 9. The summed E-state index contributed by atoms with van der Waals surface area (Å²) in [5.74, 6) is -0.0611. The van der Waals surface area contributed by atoms with Gasteiger partial charge in [-0.3, -0.25) is 9.59 Å². The molecule has 9 nitrogen and oxygen atoms in total. The zero-order valence-electron chi connectivity index (χ0n) is 19.8. The number of hydrogen-bond acceptors (Lipinski definition) is 7. The number of Topliss-reactive ketones (excluding diaryl/α,β-unsaturated/α-hetero) is 1. The fourth-order valence-electron chi connectivity index (χ4n) is 4.23. The number of likely N-dealkylation sites (tertiary alicyclic amines) is 1. The molecule has 1 N–H and O–H groups in total. The standard InChI is InChI=1S/C26H27N3O6/c1-33-19-8-5-17(6-9-19)24(30)22-23(18-7-10-20(34-2)21(15-18)35-3)29(26(32)25(22)31)13-4-12-28-14-11-27-16-28/h5-11,14-16,23,30H,4,12-13H2,1-3H3/b24-22-. The molecule has 1 amide bonds. The van der Waals surface area contributed by atoms with Crippen molar-refractivity contribution in [3.63, 3.8) is 0 Å². The van der Waals surface area contributed by atoms with E-state index in [4.69, 9.17) is 14.2 Å². The van der Waals surface area contributed by atoms with E-state index >= 15 is 0 Å². The van der Waals surface area contributed by atoms with E-state index in [1.54, 1.807) is 62.1 Å². The van der Waals surface area contributed by atoms with Crippen molar-refractivity contribution in [1.29, 1.82) is 0 Å². The number of methoxy groups -OCH3 is 3. The minimum Gasteiger partial charge on any atom is -0.507 e. The lowest BCUT2D eigenvalue weighted by atomic mass is 9.95. The molecule has 35 heavy (non-hydrogen) atoms. The van der Waals surface area contributed by atoms with Gasteiger partial charge in [0.05, 0.1) is 39.3 Å². The zero-order chi connectivity index (χ0) is 24.9. The van der Waals surface area contributed by atoms with Crippen LogP contribution in [0.3, 0.4) is 0 Å². The van der Waals surface area contributed by atoms with Gasteiger partial charge in [-0.05, 0) is 48.4 Å². The van der Waals surface area contributed by atoms with Gasteiger partial charge in [0, 0.05) is 31.0 Å². The van der Waals surface area contributed by atoms with Gasteiger partial charge in [0.15, 0.2) is 11.5 Å². The van der Waals surface area contributed by atoms with Gasteiger partial charge in [0.2, 0.25) is 0 Å². The largest absolute Gasteiger partial charge is 0.507 e. The molecule has 3 aromatic rings. The molecular weight excluding hydrogens is 450 g/mol. The molecule has 0 spiro atoms. The van der Waals surface area contributed by atoms with Gasteiger partial charge in [-0.1, -0.05) is 6.07 Å². The number of ether oxygens (including phenoxy) is 3. The number of imidazole rings is 1. The Morgan fingerprint density at radius 3 is 2.34 bits per heavy atom. The molecule has 1 saturated heterocycles. The predicted octanol–water partition coefficient (Wildman–Crippen LogP) is 3.42. The molecule has 1 aromatic heterocycles. The summed E-state index contributed by atoms with van der Waals surface area (Å²) in [7, 11) is 4.59. The van der Waals surface area contributed by atoms with Crippen molar-refractivity contribution >= 4 is 17.4 Å². The van der Waals surface area contributed by atoms with Crippen LogP contribution in [0.4, 0.5) is 0 Å². The Bertz CT molecular complexity index is 1230. The number of aliphatic hydroxyl groups is 1. The Morgan fingerprint density at radius 2 is 1.71 bits per heavy atom. The van der Waals surface area contributed by atoms with Crippen LogP contribution in [0.25, 0.3) is 5.76 Å². The van der Waals surface area contributed by atoms with Crippen molar-refractivity contribution < 1.29 is 28.9 Å². The Kier molecular flexibility index (Phi) is 7.05. The van der Waals surface area contributed by atoms with Crippen LogP contribution in [-0.2, 0) is 16.1 Å². The highest BCUT2D eigenvalue weighted by atomic mass is 16.5. The topological polar surface area (TPSA) is 103 Å². The molecular formula is C26H27N3O6. The van der Waals surface area contributed by atoms with E-state index in [1.807, 2.05) is 10.8 Å². The number of aryl methyl sites for hydroxylation is 1. The second-order valence-electron chi connectivity index (χ2n) is 7.99. The van der Waals surface area contributed by atoms with Crippen LogP contribution in [0.2, 0.25) is 0 Å². The summed E-state index contributed by atoms with van der Waals surface area (Å²) in [6.07, 6.45) is 5.81. The maximum atomic E-state index is 13.2. The van der Waals surface area contributed by atoms with E-state index in [0.717, 1.165) is 0 Å². The number of aliphatic hydroxyl groups excluding tert-OH is 1. The molecule has 0 radical (unpaired) electrons. The maximum absolute atomic E-state index is 13.2. The van der Waals surface area contributed by atoms with Gasteiger partial charge in [-0.25, -0.2) is 4.98 Å². The molecule has 2 heterocycles. The summed E-state index contributed by atoms with van der Waals surface area (Å²) in [5, 5.41) is 11.2. The maximum Gasteiger partial charge on any atom is 0.295 e. The van der Waals surface area contributed by atoms with Gasteiger partial charge < -0.3 is 28.8 Å². The van der Waals surface area contributed by atoms with Crippen LogP contribution in [0.15, 0.2) is 66.8 Å². The van der Waals surface area contributed by atoms with Crippen LogP contribution in [0.1, 0.15) is 23.6 Å². The third-order valence-electron chi connectivity index (χ3n) is 6.00. The Labute approximate surface area is 203 Å². The SMILES string of the molecule is COc1ccc(/C(O)=C2/C(=O)C(=O)N(CCCn3ccnc3)C2c2ccc(OC)c(OC)c2)cc1. The summed E-state index contributed by atoms with van der Waals surface area (Å²) < 4.78 is 17.9. The van der Waals surface area contributed by atoms with Crippen molar-refractivity contribution in [2.24, 2.45) is 0 Å². The molecule has 1 atom stereocenters. The number of benzene rings is 2. The monoisotopic (exact) mass is 477 g/mol. The molecule has 1 aliphatic rings. The van der Waals surface area contributed by atoms with Crippen LogP contribution >= 0.6 is 0 Å². The zero-order valence-corrected chi connectivity index (χ0v) is 19.8. The third kappa shape index (κ3) is 4.70. The molecule has 182 valence electrons. The first-order chi connectivity index (χ1) is 17.0. The molecule has 0 bridgehead atoms. The van der Waals surface area contributed by atoms with E-state index in [0.29, 0.717) is 47.9 Å². The first-order valence-electron chi connectivity index (χ1n) is 11.1. The molecule has 2 aromatic carbocycles. The Hall–Kier alpha value is -4.27. The second kappa shape index (κ2) is 10.3. The molecule has 4 rings (SSSR count). The molecule has 0 aliphatic carbocycles. The number of ketones is 1. The summed E-state index contributed by atoms with van der Waals surface area (Å²) in [6.45, 7) is 0.932. The van der Waals surface area contributed by atoms with Gasteiger partial charge in [-0.15, -0.1) is 0 Å². The fourth-order valence-corrected chi connectivity index (χ4v) is 4.23. The van der Waals surface area contributed by atoms with E-state index in [2.05, 4.69) is 4.98 Å². The van der Waals surface area contributed by atoms with E-state index in [-0.39, 0.29) is 11.3 Å². The lowest BCUT2D eigenvalue weighted by molar-refractivity contribution is -0.139.